The summed E-state index contributed by atoms with van der Waals surface area (Å²) in [4.78, 5) is 11.0. The first-order valence-electron chi connectivity index (χ1n) is 5.85. The number of benzene rings is 1. The zero-order chi connectivity index (χ0) is 14.2. The van der Waals surface area contributed by atoms with Crippen LogP contribution in [0.3, 0.4) is 0 Å². The molecule has 1 aromatic rings. The van der Waals surface area contributed by atoms with Gasteiger partial charge >= 0.3 is 5.97 Å². The van der Waals surface area contributed by atoms with Crippen LogP contribution >= 0.6 is 15.9 Å². The Hall–Kier alpha value is -0.920. The van der Waals surface area contributed by atoms with E-state index >= 15 is 0 Å². The van der Waals surface area contributed by atoms with Crippen molar-refractivity contribution in [1.82, 2.24) is 4.31 Å². The Balaban J connectivity index is 2.40. The van der Waals surface area contributed by atoms with Crippen molar-refractivity contribution in [1.29, 1.82) is 0 Å². The minimum absolute atomic E-state index is 0.0162. The van der Waals surface area contributed by atoms with Crippen molar-refractivity contribution in [2.24, 2.45) is 0 Å². The van der Waals surface area contributed by atoms with Gasteiger partial charge in [0.05, 0.1) is 10.5 Å². The van der Waals surface area contributed by atoms with Gasteiger partial charge in [-0.1, -0.05) is 6.42 Å². The van der Waals surface area contributed by atoms with E-state index in [2.05, 4.69) is 15.9 Å². The fourth-order valence-electron chi connectivity index (χ4n) is 1.94. The lowest BCUT2D eigenvalue weighted by Gasteiger charge is -2.33. The molecule has 7 heteroatoms. The van der Waals surface area contributed by atoms with Crippen LogP contribution in [0.1, 0.15) is 29.6 Å². The summed E-state index contributed by atoms with van der Waals surface area (Å²) in [6.07, 6.45) is 2.75. The Morgan fingerprint density at radius 3 is 2.53 bits per heavy atom. The van der Waals surface area contributed by atoms with Gasteiger partial charge in [0.15, 0.2) is 0 Å². The van der Waals surface area contributed by atoms with Crippen LogP contribution in [0.25, 0.3) is 0 Å². The third kappa shape index (κ3) is 2.68. The van der Waals surface area contributed by atoms with Crippen LogP contribution in [0.15, 0.2) is 27.6 Å². The maximum absolute atomic E-state index is 12.4. The summed E-state index contributed by atoms with van der Waals surface area (Å²) in [7, 11) is -2.08. The number of rotatable bonds is 4. The molecule has 0 spiro atoms. The molecule has 0 aromatic heterocycles. The van der Waals surface area contributed by atoms with Crippen LogP contribution in [0, 0.1) is 0 Å². The van der Waals surface area contributed by atoms with Crippen molar-refractivity contribution in [3.8, 4) is 0 Å². The lowest BCUT2D eigenvalue weighted by molar-refractivity contribution is 0.0695. The molecule has 0 amide bonds. The molecule has 0 saturated heterocycles. The molecule has 0 aliphatic heterocycles. The molecule has 1 saturated carbocycles. The van der Waals surface area contributed by atoms with Crippen molar-refractivity contribution in [2.75, 3.05) is 7.05 Å². The van der Waals surface area contributed by atoms with Crippen LogP contribution in [0.2, 0.25) is 0 Å². The van der Waals surface area contributed by atoms with Crippen molar-refractivity contribution < 1.29 is 18.3 Å². The zero-order valence-corrected chi connectivity index (χ0v) is 12.7. The number of nitrogens with zero attached hydrogens (tertiary/aromatic N) is 1. The third-order valence-corrected chi connectivity index (χ3v) is 6.03. The van der Waals surface area contributed by atoms with Gasteiger partial charge in [0.2, 0.25) is 10.0 Å². The second-order valence-corrected chi connectivity index (χ2v) is 7.40. The molecule has 0 bridgehead atoms. The molecule has 1 aromatic carbocycles. The molecule has 0 atom stereocenters. The van der Waals surface area contributed by atoms with E-state index in [0.717, 1.165) is 19.3 Å². The van der Waals surface area contributed by atoms with E-state index in [4.69, 9.17) is 5.11 Å². The van der Waals surface area contributed by atoms with E-state index in [1.165, 1.54) is 22.5 Å². The molecule has 104 valence electrons. The number of carboxylic acid groups (broad SMARTS) is 1. The first kappa shape index (κ1) is 14.5. The normalized spacial score (nSPS) is 16.4. The zero-order valence-electron chi connectivity index (χ0n) is 10.3. The summed E-state index contributed by atoms with van der Waals surface area (Å²) in [5.41, 5.74) is -0.0527. The fourth-order valence-corrected chi connectivity index (χ4v) is 3.80. The standard InChI is InChI=1S/C12H14BrNO4S/c1-14(8-3-2-4-8)19(17,18)9-5-6-11(13)10(7-9)12(15)16/h5-8H,2-4H2,1H3,(H,15,16). The highest BCUT2D eigenvalue weighted by molar-refractivity contribution is 9.10. The highest BCUT2D eigenvalue weighted by Gasteiger charge is 2.32. The van der Waals surface area contributed by atoms with Gasteiger partial charge in [0, 0.05) is 17.6 Å². The Bertz CT molecular complexity index is 610. The second-order valence-electron chi connectivity index (χ2n) is 4.55. The molecule has 1 fully saturated rings. The van der Waals surface area contributed by atoms with Gasteiger partial charge in [-0.15, -0.1) is 0 Å². The number of hydrogen-bond donors (Lipinski definition) is 1. The topological polar surface area (TPSA) is 74.7 Å². The maximum atomic E-state index is 12.4. The average Bonchev–Trinajstić information content (AvgIpc) is 2.26. The van der Waals surface area contributed by atoms with E-state index in [1.807, 2.05) is 0 Å². The number of sulfonamides is 1. The smallest absolute Gasteiger partial charge is 0.336 e. The summed E-state index contributed by atoms with van der Waals surface area (Å²) in [5, 5.41) is 9.02. The Morgan fingerprint density at radius 2 is 2.05 bits per heavy atom. The molecule has 0 radical (unpaired) electrons. The minimum atomic E-state index is -3.62. The first-order chi connectivity index (χ1) is 8.84. The van der Waals surface area contributed by atoms with Crippen LogP contribution in [-0.2, 0) is 10.0 Å². The highest BCUT2D eigenvalue weighted by atomic mass is 79.9. The van der Waals surface area contributed by atoms with Crippen molar-refractivity contribution in [2.45, 2.75) is 30.2 Å². The quantitative estimate of drug-likeness (QED) is 0.906. The molecular weight excluding hydrogens is 334 g/mol. The highest BCUT2D eigenvalue weighted by Crippen LogP contribution is 2.29. The third-order valence-electron chi connectivity index (χ3n) is 3.43. The molecule has 1 aliphatic rings. The van der Waals surface area contributed by atoms with Gasteiger partial charge in [-0.3, -0.25) is 0 Å². The molecule has 0 heterocycles. The summed E-state index contributed by atoms with van der Waals surface area (Å²) in [6.45, 7) is 0. The van der Waals surface area contributed by atoms with E-state index in [0.29, 0.717) is 4.47 Å². The van der Waals surface area contributed by atoms with Gasteiger partial charge in [0.25, 0.3) is 0 Å². The Labute approximate surface area is 120 Å². The second kappa shape index (κ2) is 5.22. The minimum Gasteiger partial charge on any atom is -0.478 e. The lowest BCUT2D eigenvalue weighted by atomic mass is 9.94. The molecule has 19 heavy (non-hydrogen) atoms. The van der Waals surface area contributed by atoms with Crippen LogP contribution in [-0.4, -0.2) is 36.9 Å². The van der Waals surface area contributed by atoms with Crippen LogP contribution in [0.4, 0.5) is 0 Å². The van der Waals surface area contributed by atoms with Crippen molar-refractivity contribution in [3.05, 3.63) is 28.2 Å². The fraction of sp³-hybridized carbons (Fsp3) is 0.417. The molecule has 2 rings (SSSR count). The predicted molar refractivity (Wildman–Crippen MR) is 73.7 cm³/mol. The Morgan fingerprint density at radius 1 is 1.42 bits per heavy atom. The first-order valence-corrected chi connectivity index (χ1v) is 8.08. The predicted octanol–water partition coefficient (Wildman–Crippen LogP) is 2.32. The van der Waals surface area contributed by atoms with Crippen LogP contribution in [0.5, 0.6) is 0 Å². The van der Waals surface area contributed by atoms with E-state index in [-0.39, 0.29) is 16.5 Å². The molecular formula is C12H14BrNO4S. The number of aromatic carboxylic acids is 1. The number of hydrogen-bond acceptors (Lipinski definition) is 3. The number of carboxylic acids is 1. The maximum Gasteiger partial charge on any atom is 0.336 e. The molecule has 1 N–H and O–H groups in total. The largest absolute Gasteiger partial charge is 0.478 e. The lowest BCUT2D eigenvalue weighted by Crippen LogP contribution is -2.41. The Kier molecular flexibility index (Phi) is 3.98. The number of halogens is 1. The summed E-state index contributed by atoms with van der Waals surface area (Å²) in [5.74, 6) is -1.16. The van der Waals surface area contributed by atoms with Gasteiger partial charge in [-0.2, -0.15) is 4.31 Å². The summed E-state index contributed by atoms with van der Waals surface area (Å²) in [6, 6.07) is 4.09. The van der Waals surface area contributed by atoms with E-state index in [9.17, 15) is 13.2 Å². The van der Waals surface area contributed by atoms with Gasteiger partial charge in [0.1, 0.15) is 0 Å². The number of carbonyl (C=O) groups is 1. The van der Waals surface area contributed by atoms with Gasteiger partial charge in [-0.25, -0.2) is 13.2 Å². The van der Waals surface area contributed by atoms with Gasteiger partial charge in [-0.05, 0) is 47.0 Å². The molecule has 1 aliphatic carbocycles. The van der Waals surface area contributed by atoms with Gasteiger partial charge < -0.3 is 5.11 Å². The molecule has 5 nitrogen and oxygen atoms in total. The SMILES string of the molecule is CN(C1CCC1)S(=O)(=O)c1ccc(Br)c(C(=O)O)c1. The average molecular weight is 348 g/mol. The monoisotopic (exact) mass is 347 g/mol. The summed E-state index contributed by atoms with van der Waals surface area (Å²) >= 11 is 3.10. The van der Waals surface area contributed by atoms with E-state index < -0.39 is 16.0 Å². The molecule has 0 unspecified atom stereocenters. The summed E-state index contributed by atoms with van der Waals surface area (Å²) < 4.78 is 26.4. The van der Waals surface area contributed by atoms with Crippen molar-refractivity contribution >= 4 is 31.9 Å². The van der Waals surface area contributed by atoms with Crippen LogP contribution < -0.4 is 0 Å². The van der Waals surface area contributed by atoms with E-state index in [1.54, 1.807) is 7.05 Å². The van der Waals surface area contributed by atoms with Crippen molar-refractivity contribution in [3.63, 3.8) is 0 Å².